The number of anilines is 1. The Morgan fingerprint density at radius 3 is 2.67 bits per heavy atom. The van der Waals surface area contributed by atoms with Gasteiger partial charge in [0.15, 0.2) is 0 Å². The molecule has 1 aromatic carbocycles. The Morgan fingerprint density at radius 1 is 1.47 bits per heavy atom. The number of benzene rings is 1. The molecule has 0 aliphatic carbocycles. The Labute approximate surface area is 88.3 Å². The Kier molecular flexibility index (Phi) is 3.43. The number of nitrogens with one attached hydrogen (secondary N) is 1. The van der Waals surface area contributed by atoms with Gasteiger partial charge in [0.05, 0.1) is 4.90 Å². The van der Waals surface area contributed by atoms with Crippen LogP contribution in [0.15, 0.2) is 29.2 Å². The molecule has 0 bridgehead atoms. The maximum absolute atomic E-state index is 11.1. The first kappa shape index (κ1) is 11.7. The summed E-state index contributed by atoms with van der Waals surface area (Å²) in [5, 5.41) is 7.49. The molecule has 0 aliphatic heterocycles. The topological polar surface area (TPSA) is 89.3 Å². The molecule has 0 atom stereocenters. The standard InChI is InChI=1S/C9H12N2O3S/c1-2-9(12)11-7-4-3-5-8(6-7)15(10,13)14/h3-6H,2H2,1H3,(H,11,12)(H2,10,13,14). The number of hydrogen-bond donors (Lipinski definition) is 2. The first-order valence-corrected chi connectivity index (χ1v) is 5.91. The third-order valence-electron chi connectivity index (χ3n) is 1.77. The molecule has 6 heteroatoms. The number of carbonyl (C=O) groups is 1. The van der Waals surface area contributed by atoms with Crippen LogP contribution in [0.5, 0.6) is 0 Å². The van der Waals surface area contributed by atoms with E-state index in [9.17, 15) is 13.2 Å². The Bertz CT molecular complexity index is 468. The third-order valence-corrected chi connectivity index (χ3v) is 2.68. The molecule has 3 N–H and O–H groups in total. The SMILES string of the molecule is CCC(=O)Nc1cccc(S(N)(=O)=O)c1. The average Bonchev–Trinajstić information content (AvgIpc) is 2.17. The van der Waals surface area contributed by atoms with Crippen molar-refractivity contribution in [3.8, 4) is 0 Å². The lowest BCUT2D eigenvalue weighted by molar-refractivity contribution is -0.115. The van der Waals surface area contributed by atoms with E-state index in [1.54, 1.807) is 13.0 Å². The smallest absolute Gasteiger partial charge is 0.238 e. The molecule has 82 valence electrons. The Balaban J connectivity index is 2.99. The molecule has 0 unspecified atom stereocenters. The van der Waals surface area contributed by atoms with Crippen LogP contribution in [-0.2, 0) is 14.8 Å². The molecule has 5 nitrogen and oxygen atoms in total. The van der Waals surface area contributed by atoms with E-state index in [0.717, 1.165) is 0 Å². The minimum Gasteiger partial charge on any atom is -0.326 e. The molecule has 0 saturated heterocycles. The summed E-state index contributed by atoms with van der Waals surface area (Å²) in [6.07, 6.45) is 0.333. The average molecular weight is 228 g/mol. The summed E-state index contributed by atoms with van der Waals surface area (Å²) in [6, 6.07) is 5.81. The van der Waals surface area contributed by atoms with Crippen LogP contribution in [0.25, 0.3) is 0 Å². The second-order valence-corrected chi connectivity index (χ2v) is 4.54. The zero-order chi connectivity index (χ0) is 11.5. The fourth-order valence-electron chi connectivity index (χ4n) is 1.00. The summed E-state index contributed by atoms with van der Waals surface area (Å²) < 4.78 is 22.0. The molecular weight excluding hydrogens is 216 g/mol. The van der Waals surface area contributed by atoms with E-state index in [1.807, 2.05) is 0 Å². The molecule has 0 saturated carbocycles. The lowest BCUT2D eigenvalue weighted by atomic mass is 10.3. The van der Waals surface area contributed by atoms with Crippen molar-refractivity contribution < 1.29 is 13.2 Å². The minimum absolute atomic E-state index is 0.0172. The van der Waals surface area contributed by atoms with Gasteiger partial charge in [0, 0.05) is 12.1 Å². The van der Waals surface area contributed by atoms with Gasteiger partial charge in [0.1, 0.15) is 0 Å². The summed E-state index contributed by atoms with van der Waals surface area (Å²) >= 11 is 0. The van der Waals surface area contributed by atoms with E-state index in [2.05, 4.69) is 5.32 Å². The van der Waals surface area contributed by atoms with Gasteiger partial charge in [0.2, 0.25) is 15.9 Å². The molecule has 1 aromatic rings. The van der Waals surface area contributed by atoms with Crippen LogP contribution in [-0.4, -0.2) is 14.3 Å². The molecule has 15 heavy (non-hydrogen) atoms. The highest BCUT2D eigenvalue weighted by molar-refractivity contribution is 7.89. The second kappa shape index (κ2) is 4.41. The van der Waals surface area contributed by atoms with Crippen LogP contribution in [0.2, 0.25) is 0 Å². The summed E-state index contributed by atoms with van der Waals surface area (Å²) in [7, 11) is -3.72. The van der Waals surface area contributed by atoms with Gasteiger partial charge < -0.3 is 5.32 Å². The molecular formula is C9H12N2O3S. The number of sulfonamides is 1. The first-order chi connectivity index (χ1) is 6.93. The normalized spacial score (nSPS) is 11.1. The number of nitrogens with two attached hydrogens (primary N) is 1. The van der Waals surface area contributed by atoms with Gasteiger partial charge in [0.25, 0.3) is 0 Å². The van der Waals surface area contributed by atoms with Gasteiger partial charge in [-0.1, -0.05) is 13.0 Å². The maximum atomic E-state index is 11.1. The summed E-state index contributed by atoms with van der Waals surface area (Å²) in [6.45, 7) is 1.71. The van der Waals surface area contributed by atoms with Crippen LogP contribution >= 0.6 is 0 Å². The van der Waals surface area contributed by atoms with Gasteiger partial charge in [-0.3, -0.25) is 4.79 Å². The molecule has 1 rings (SSSR count). The van der Waals surface area contributed by atoms with Gasteiger partial charge in [-0.05, 0) is 18.2 Å². The lowest BCUT2D eigenvalue weighted by Gasteiger charge is -2.04. The second-order valence-electron chi connectivity index (χ2n) is 2.97. The molecule has 0 spiro atoms. The quantitative estimate of drug-likeness (QED) is 0.797. The van der Waals surface area contributed by atoms with E-state index in [4.69, 9.17) is 5.14 Å². The van der Waals surface area contributed by atoms with Crippen LogP contribution in [0.3, 0.4) is 0 Å². The predicted molar refractivity (Wildman–Crippen MR) is 56.7 cm³/mol. The lowest BCUT2D eigenvalue weighted by Crippen LogP contribution is -2.14. The largest absolute Gasteiger partial charge is 0.326 e. The van der Waals surface area contributed by atoms with Crippen LogP contribution in [0, 0.1) is 0 Å². The summed E-state index contributed by atoms with van der Waals surface area (Å²) in [4.78, 5) is 11.0. The van der Waals surface area contributed by atoms with Crippen molar-refractivity contribution in [2.24, 2.45) is 5.14 Å². The van der Waals surface area contributed by atoms with Crippen molar-refractivity contribution in [2.45, 2.75) is 18.2 Å². The third kappa shape index (κ3) is 3.34. The predicted octanol–water partition coefficient (Wildman–Crippen LogP) is 0.683. The van der Waals surface area contributed by atoms with E-state index < -0.39 is 10.0 Å². The van der Waals surface area contributed by atoms with Gasteiger partial charge in [-0.2, -0.15) is 0 Å². The highest BCUT2D eigenvalue weighted by atomic mass is 32.2. The van der Waals surface area contributed by atoms with Crippen molar-refractivity contribution in [1.29, 1.82) is 0 Å². The number of hydrogen-bond acceptors (Lipinski definition) is 3. The van der Waals surface area contributed by atoms with E-state index >= 15 is 0 Å². The monoisotopic (exact) mass is 228 g/mol. The first-order valence-electron chi connectivity index (χ1n) is 4.36. The fraction of sp³-hybridized carbons (Fsp3) is 0.222. The van der Waals surface area contributed by atoms with Gasteiger partial charge >= 0.3 is 0 Å². The number of amides is 1. The molecule has 0 radical (unpaired) electrons. The molecule has 0 aliphatic rings. The van der Waals surface area contributed by atoms with Crippen LogP contribution < -0.4 is 10.5 Å². The molecule has 1 amide bonds. The maximum Gasteiger partial charge on any atom is 0.238 e. The highest BCUT2D eigenvalue weighted by Crippen LogP contribution is 2.14. The number of rotatable bonds is 3. The molecule has 0 heterocycles. The molecule has 0 fully saturated rings. The zero-order valence-corrected chi connectivity index (χ0v) is 9.04. The fourth-order valence-corrected chi connectivity index (χ4v) is 1.56. The zero-order valence-electron chi connectivity index (χ0n) is 8.23. The highest BCUT2D eigenvalue weighted by Gasteiger charge is 2.08. The van der Waals surface area contributed by atoms with Crippen molar-refractivity contribution >= 4 is 21.6 Å². The number of primary sulfonamides is 1. The van der Waals surface area contributed by atoms with Crippen LogP contribution in [0.1, 0.15) is 13.3 Å². The van der Waals surface area contributed by atoms with Crippen molar-refractivity contribution in [1.82, 2.24) is 0 Å². The van der Waals surface area contributed by atoms with Gasteiger partial charge in [-0.15, -0.1) is 0 Å². The van der Waals surface area contributed by atoms with Crippen molar-refractivity contribution in [3.05, 3.63) is 24.3 Å². The summed E-state index contributed by atoms with van der Waals surface area (Å²) in [5.74, 6) is -0.179. The minimum atomic E-state index is -3.72. The van der Waals surface area contributed by atoms with E-state index in [-0.39, 0.29) is 10.8 Å². The van der Waals surface area contributed by atoms with E-state index in [1.165, 1.54) is 18.2 Å². The number of carbonyl (C=O) groups excluding carboxylic acids is 1. The summed E-state index contributed by atoms with van der Waals surface area (Å²) in [5.41, 5.74) is 0.424. The van der Waals surface area contributed by atoms with Gasteiger partial charge in [-0.25, -0.2) is 13.6 Å². The van der Waals surface area contributed by atoms with Crippen LogP contribution in [0.4, 0.5) is 5.69 Å². The Hall–Kier alpha value is -1.40. The van der Waals surface area contributed by atoms with Crippen molar-refractivity contribution in [3.63, 3.8) is 0 Å². The molecule has 0 aromatic heterocycles. The Morgan fingerprint density at radius 2 is 2.13 bits per heavy atom. The van der Waals surface area contributed by atoms with E-state index in [0.29, 0.717) is 12.1 Å². The van der Waals surface area contributed by atoms with Crippen molar-refractivity contribution in [2.75, 3.05) is 5.32 Å².